The molecule has 1 atom stereocenters. The van der Waals surface area contributed by atoms with Crippen LogP contribution in [-0.2, 0) is 4.79 Å². The van der Waals surface area contributed by atoms with E-state index in [-0.39, 0.29) is 11.4 Å². The van der Waals surface area contributed by atoms with Crippen molar-refractivity contribution < 1.29 is 4.79 Å². The number of amides is 1. The Kier molecular flexibility index (Phi) is 5.30. The van der Waals surface area contributed by atoms with Gasteiger partial charge in [-0.1, -0.05) is 32.5 Å². The third-order valence-corrected chi connectivity index (χ3v) is 3.62. The second kappa shape index (κ2) is 6.16. The molecule has 1 aliphatic heterocycles. The highest BCUT2D eigenvalue weighted by Crippen LogP contribution is 2.31. The smallest absolute Gasteiger partial charge is 0.239 e. The zero-order valence-electron chi connectivity index (χ0n) is 13.0. The topological polar surface area (TPSA) is 53.5 Å². The molecular formula is C14H27N3OS. The van der Waals surface area contributed by atoms with Crippen LogP contribution in [0.15, 0.2) is 4.99 Å². The summed E-state index contributed by atoms with van der Waals surface area (Å²) in [5.74, 6) is 0.00933. The number of aliphatic imine (C=N–C) groups is 1. The van der Waals surface area contributed by atoms with Crippen molar-refractivity contribution in [2.24, 2.45) is 10.4 Å². The summed E-state index contributed by atoms with van der Waals surface area (Å²) in [4.78, 5) is 16.1. The van der Waals surface area contributed by atoms with Gasteiger partial charge in [0.2, 0.25) is 5.91 Å². The number of nitrogens with one attached hydrogen (secondary N) is 2. The summed E-state index contributed by atoms with van der Waals surface area (Å²) < 4.78 is 0. The predicted molar refractivity (Wildman–Crippen MR) is 83.7 cm³/mol. The molecule has 2 N–H and O–H groups in total. The summed E-state index contributed by atoms with van der Waals surface area (Å²) in [6.45, 7) is 13.8. The van der Waals surface area contributed by atoms with Crippen LogP contribution in [0, 0.1) is 5.41 Å². The highest BCUT2D eigenvalue weighted by Gasteiger charge is 2.25. The minimum atomic E-state index is -0.182. The Bertz CT molecular complexity index is 353. The van der Waals surface area contributed by atoms with Crippen molar-refractivity contribution in [2.45, 2.75) is 58.8 Å². The number of thioether (sulfide) groups is 1. The molecule has 1 heterocycles. The second-order valence-corrected chi connectivity index (χ2v) is 8.59. The van der Waals surface area contributed by atoms with Crippen LogP contribution in [0.1, 0.15) is 48.0 Å². The summed E-state index contributed by atoms with van der Waals surface area (Å²) in [7, 11) is 0. The number of carbonyl (C=O) groups excluding carboxylic acids is 1. The van der Waals surface area contributed by atoms with Gasteiger partial charge in [0.25, 0.3) is 0 Å². The number of rotatable bonds is 3. The summed E-state index contributed by atoms with van der Waals surface area (Å²) in [5.41, 5.74) is 0.143. The molecule has 0 aromatic carbocycles. The molecule has 0 spiro atoms. The third kappa shape index (κ3) is 7.45. The molecule has 0 aliphatic carbocycles. The standard InChI is InChI=1S/C14H27N3OS/c1-13(2,3)7-10-8-15-12(19-10)16-9-11(18)17-14(4,5)6/h10H,7-9H2,1-6H3,(H,15,16)(H,17,18). The van der Waals surface area contributed by atoms with Gasteiger partial charge in [-0.05, 0) is 32.6 Å². The quantitative estimate of drug-likeness (QED) is 0.837. The molecule has 19 heavy (non-hydrogen) atoms. The molecule has 0 bridgehead atoms. The Morgan fingerprint density at radius 1 is 1.32 bits per heavy atom. The van der Waals surface area contributed by atoms with E-state index >= 15 is 0 Å². The monoisotopic (exact) mass is 285 g/mol. The highest BCUT2D eigenvalue weighted by molar-refractivity contribution is 8.14. The van der Waals surface area contributed by atoms with E-state index in [1.54, 1.807) is 11.8 Å². The van der Waals surface area contributed by atoms with Crippen LogP contribution in [-0.4, -0.2) is 35.0 Å². The lowest BCUT2D eigenvalue weighted by molar-refractivity contribution is -0.121. The Labute approximate surface area is 121 Å². The normalized spacial score (nSPS) is 20.1. The fraction of sp³-hybridized carbons (Fsp3) is 0.857. The minimum absolute atomic E-state index is 0.00933. The molecule has 1 unspecified atom stereocenters. The predicted octanol–water partition coefficient (Wildman–Crippen LogP) is 2.40. The Morgan fingerprint density at radius 2 is 1.95 bits per heavy atom. The lowest BCUT2D eigenvalue weighted by Crippen LogP contribution is -2.45. The second-order valence-electron chi connectivity index (χ2n) is 7.30. The number of nitrogens with zero attached hydrogens (tertiary/aromatic N) is 1. The summed E-state index contributed by atoms with van der Waals surface area (Å²) in [6.07, 6.45) is 1.14. The van der Waals surface area contributed by atoms with E-state index in [2.05, 4.69) is 36.4 Å². The first-order valence-corrected chi connectivity index (χ1v) is 7.69. The Hall–Kier alpha value is -0.710. The number of carbonyl (C=O) groups is 1. The van der Waals surface area contributed by atoms with Gasteiger partial charge >= 0.3 is 0 Å². The summed E-state index contributed by atoms with van der Waals surface area (Å²) >= 11 is 1.76. The van der Waals surface area contributed by atoms with Crippen molar-refractivity contribution >= 4 is 22.8 Å². The van der Waals surface area contributed by atoms with E-state index < -0.39 is 0 Å². The number of amidine groups is 1. The van der Waals surface area contributed by atoms with E-state index in [0.29, 0.717) is 17.2 Å². The maximum absolute atomic E-state index is 11.7. The highest BCUT2D eigenvalue weighted by atomic mass is 32.2. The van der Waals surface area contributed by atoms with Crippen molar-refractivity contribution in [1.82, 2.24) is 10.6 Å². The van der Waals surface area contributed by atoms with Gasteiger partial charge in [0.05, 0.1) is 13.1 Å². The maximum atomic E-state index is 11.7. The molecule has 0 saturated heterocycles. The first kappa shape index (κ1) is 16.3. The summed E-state index contributed by atoms with van der Waals surface area (Å²) in [5, 5.41) is 7.48. The van der Waals surface area contributed by atoms with Gasteiger partial charge in [-0.3, -0.25) is 9.79 Å². The molecule has 1 rings (SSSR count). The average Bonchev–Trinajstić information content (AvgIpc) is 2.57. The molecule has 0 radical (unpaired) electrons. The SMILES string of the molecule is CC(C)(C)CC1CN=C(NCC(=O)NC(C)(C)C)S1. The zero-order chi connectivity index (χ0) is 14.7. The van der Waals surface area contributed by atoms with Gasteiger partial charge in [-0.15, -0.1) is 0 Å². The van der Waals surface area contributed by atoms with E-state index in [0.717, 1.165) is 18.1 Å². The van der Waals surface area contributed by atoms with E-state index in [1.807, 2.05) is 20.8 Å². The van der Waals surface area contributed by atoms with E-state index in [9.17, 15) is 4.79 Å². The lowest BCUT2D eigenvalue weighted by Gasteiger charge is -2.22. The lowest BCUT2D eigenvalue weighted by atomic mass is 9.90. The first-order chi connectivity index (χ1) is 8.55. The van der Waals surface area contributed by atoms with Gasteiger partial charge in [-0.25, -0.2) is 0 Å². The maximum Gasteiger partial charge on any atom is 0.239 e. The van der Waals surface area contributed by atoms with Crippen molar-refractivity contribution in [3.63, 3.8) is 0 Å². The third-order valence-electron chi connectivity index (χ3n) is 2.47. The van der Waals surface area contributed by atoms with Crippen LogP contribution in [0.25, 0.3) is 0 Å². The molecule has 0 saturated carbocycles. The Morgan fingerprint density at radius 3 is 2.47 bits per heavy atom. The van der Waals surface area contributed by atoms with Crippen molar-refractivity contribution in [2.75, 3.05) is 13.1 Å². The minimum Gasteiger partial charge on any atom is -0.356 e. The largest absolute Gasteiger partial charge is 0.356 e. The number of hydrogen-bond donors (Lipinski definition) is 2. The molecule has 0 aromatic heterocycles. The average molecular weight is 285 g/mol. The van der Waals surface area contributed by atoms with Crippen molar-refractivity contribution in [3.8, 4) is 0 Å². The van der Waals surface area contributed by atoms with Crippen molar-refractivity contribution in [1.29, 1.82) is 0 Å². The van der Waals surface area contributed by atoms with Crippen LogP contribution in [0.3, 0.4) is 0 Å². The molecule has 0 fully saturated rings. The fourth-order valence-corrected chi connectivity index (χ4v) is 3.27. The van der Waals surface area contributed by atoms with Crippen LogP contribution < -0.4 is 10.6 Å². The van der Waals surface area contributed by atoms with Gasteiger partial charge in [-0.2, -0.15) is 0 Å². The van der Waals surface area contributed by atoms with E-state index in [4.69, 9.17) is 0 Å². The molecule has 1 aliphatic rings. The van der Waals surface area contributed by atoms with Gasteiger partial charge in [0.1, 0.15) is 0 Å². The van der Waals surface area contributed by atoms with Crippen LogP contribution in [0.2, 0.25) is 0 Å². The molecule has 0 aromatic rings. The Balaban J connectivity index is 2.28. The van der Waals surface area contributed by atoms with Gasteiger partial charge < -0.3 is 10.6 Å². The van der Waals surface area contributed by atoms with Crippen LogP contribution >= 0.6 is 11.8 Å². The van der Waals surface area contributed by atoms with Crippen LogP contribution in [0.4, 0.5) is 0 Å². The first-order valence-electron chi connectivity index (χ1n) is 6.81. The van der Waals surface area contributed by atoms with Gasteiger partial charge in [0, 0.05) is 10.8 Å². The molecular weight excluding hydrogens is 258 g/mol. The fourth-order valence-electron chi connectivity index (χ4n) is 1.92. The summed E-state index contributed by atoms with van der Waals surface area (Å²) in [6, 6.07) is 0. The van der Waals surface area contributed by atoms with E-state index in [1.165, 1.54) is 0 Å². The molecule has 4 nitrogen and oxygen atoms in total. The zero-order valence-corrected chi connectivity index (χ0v) is 13.8. The van der Waals surface area contributed by atoms with Crippen molar-refractivity contribution in [3.05, 3.63) is 0 Å². The van der Waals surface area contributed by atoms with Crippen LogP contribution in [0.5, 0.6) is 0 Å². The van der Waals surface area contributed by atoms with Gasteiger partial charge in [0.15, 0.2) is 5.17 Å². The number of hydrogen-bond acceptors (Lipinski definition) is 4. The molecule has 110 valence electrons. The molecule has 1 amide bonds. The molecule has 5 heteroatoms.